The molecule has 7 heteroatoms. The summed E-state index contributed by atoms with van der Waals surface area (Å²) >= 11 is 0. The van der Waals surface area contributed by atoms with Crippen LogP contribution in [0.15, 0.2) is 48.5 Å². The molecule has 0 bridgehead atoms. The highest BCUT2D eigenvalue weighted by Gasteiger charge is 2.39. The molecule has 186 valence electrons. The molecule has 0 radical (unpaired) electrons. The number of nitrogens with zero attached hydrogens (tertiary/aromatic N) is 1. The SMILES string of the molecule is CCC(CCC(=O)N1CCCC(C)(C(=O)O)C1)NC(=O)OCC1c2ccccc2-c2ccccc21. The van der Waals surface area contributed by atoms with E-state index in [1.165, 1.54) is 11.1 Å². The third-order valence-electron chi connectivity index (χ3n) is 7.43. The van der Waals surface area contributed by atoms with Gasteiger partial charge in [0.1, 0.15) is 6.61 Å². The lowest BCUT2D eigenvalue weighted by Gasteiger charge is -2.37. The van der Waals surface area contributed by atoms with E-state index in [-0.39, 0.29) is 37.4 Å². The largest absolute Gasteiger partial charge is 0.481 e. The number of aliphatic carboxylic acids is 1. The van der Waals surface area contributed by atoms with E-state index in [1.807, 2.05) is 31.2 Å². The molecule has 2 aromatic carbocycles. The Kier molecular flexibility index (Phi) is 7.43. The van der Waals surface area contributed by atoms with Crippen molar-refractivity contribution in [2.75, 3.05) is 19.7 Å². The molecule has 2 aliphatic rings. The number of ether oxygens (including phenoxy) is 1. The van der Waals surface area contributed by atoms with E-state index in [2.05, 4.69) is 29.6 Å². The van der Waals surface area contributed by atoms with E-state index in [9.17, 15) is 19.5 Å². The van der Waals surface area contributed by atoms with E-state index in [4.69, 9.17) is 4.74 Å². The van der Waals surface area contributed by atoms with Crippen LogP contribution in [-0.2, 0) is 14.3 Å². The summed E-state index contributed by atoms with van der Waals surface area (Å²) in [7, 11) is 0. The van der Waals surface area contributed by atoms with Gasteiger partial charge in [0.15, 0.2) is 0 Å². The Morgan fingerprint density at radius 2 is 1.74 bits per heavy atom. The van der Waals surface area contributed by atoms with Crippen LogP contribution in [0.25, 0.3) is 11.1 Å². The third-order valence-corrected chi connectivity index (χ3v) is 7.43. The number of carboxylic acid groups (broad SMARTS) is 1. The minimum Gasteiger partial charge on any atom is -0.481 e. The first kappa shape index (κ1) is 24.8. The van der Waals surface area contributed by atoms with E-state index < -0.39 is 17.5 Å². The van der Waals surface area contributed by atoms with Crippen molar-refractivity contribution in [2.24, 2.45) is 5.41 Å². The Labute approximate surface area is 206 Å². The standard InChI is InChI=1S/C28H34N2O5/c1-3-19(13-14-25(31)30-16-8-15-28(2,18-30)26(32)33)29-27(34)35-17-24-22-11-6-4-9-20(22)21-10-5-7-12-23(21)24/h4-7,9-12,19,24H,3,8,13-18H2,1-2H3,(H,29,34)(H,32,33). The number of amides is 2. The second kappa shape index (κ2) is 10.5. The van der Waals surface area contributed by atoms with Crippen molar-refractivity contribution in [3.05, 3.63) is 59.7 Å². The highest BCUT2D eigenvalue weighted by Crippen LogP contribution is 2.44. The van der Waals surface area contributed by atoms with Crippen LogP contribution in [0.4, 0.5) is 4.79 Å². The zero-order valence-electron chi connectivity index (χ0n) is 20.5. The molecule has 0 aromatic heterocycles. The number of carbonyl (C=O) groups is 3. The summed E-state index contributed by atoms with van der Waals surface area (Å²) in [5.74, 6) is -0.930. The van der Waals surface area contributed by atoms with Gasteiger partial charge in [0.05, 0.1) is 5.41 Å². The van der Waals surface area contributed by atoms with Gasteiger partial charge in [-0.25, -0.2) is 4.79 Å². The van der Waals surface area contributed by atoms with Gasteiger partial charge in [-0.05, 0) is 54.9 Å². The number of carboxylic acids is 1. The second-order valence-electron chi connectivity index (χ2n) is 9.90. The maximum absolute atomic E-state index is 12.7. The molecule has 2 unspecified atom stereocenters. The zero-order chi connectivity index (χ0) is 25.0. The highest BCUT2D eigenvalue weighted by molar-refractivity contribution is 5.80. The van der Waals surface area contributed by atoms with Crippen molar-refractivity contribution in [1.82, 2.24) is 10.2 Å². The molecule has 35 heavy (non-hydrogen) atoms. The normalized spacial score (nSPS) is 20.0. The van der Waals surface area contributed by atoms with Gasteiger partial charge in [0.25, 0.3) is 0 Å². The molecule has 1 aliphatic carbocycles. The fraction of sp³-hybridized carbons (Fsp3) is 0.464. The summed E-state index contributed by atoms with van der Waals surface area (Å²) in [4.78, 5) is 38.6. The number of carbonyl (C=O) groups excluding carboxylic acids is 2. The molecule has 2 N–H and O–H groups in total. The topological polar surface area (TPSA) is 95.9 Å². The molecule has 4 rings (SSSR count). The van der Waals surface area contributed by atoms with Crippen LogP contribution >= 0.6 is 0 Å². The fourth-order valence-electron chi connectivity index (χ4n) is 5.27. The first-order valence-corrected chi connectivity index (χ1v) is 12.4. The molecule has 1 heterocycles. The number of hydrogen-bond acceptors (Lipinski definition) is 4. The lowest BCUT2D eigenvalue weighted by atomic mass is 9.82. The average Bonchev–Trinajstić information content (AvgIpc) is 3.18. The zero-order valence-corrected chi connectivity index (χ0v) is 20.5. The molecule has 2 amide bonds. The molecular weight excluding hydrogens is 444 g/mol. The van der Waals surface area contributed by atoms with Crippen LogP contribution in [0.5, 0.6) is 0 Å². The Balaban J connectivity index is 1.29. The number of rotatable bonds is 8. The van der Waals surface area contributed by atoms with Crippen molar-refractivity contribution in [1.29, 1.82) is 0 Å². The minimum absolute atomic E-state index is 0.00236. The van der Waals surface area contributed by atoms with Gasteiger partial charge in [-0.1, -0.05) is 55.5 Å². The van der Waals surface area contributed by atoms with E-state index in [0.29, 0.717) is 32.2 Å². The maximum atomic E-state index is 12.7. The lowest BCUT2D eigenvalue weighted by Crippen LogP contribution is -2.48. The molecule has 0 spiro atoms. The van der Waals surface area contributed by atoms with Gasteiger partial charge < -0.3 is 20.1 Å². The van der Waals surface area contributed by atoms with Crippen molar-refractivity contribution < 1.29 is 24.2 Å². The quantitative estimate of drug-likeness (QED) is 0.568. The van der Waals surface area contributed by atoms with Crippen LogP contribution in [0.1, 0.15) is 63.0 Å². The van der Waals surface area contributed by atoms with Crippen LogP contribution in [-0.4, -0.2) is 53.7 Å². The van der Waals surface area contributed by atoms with Crippen LogP contribution < -0.4 is 5.32 Å². The van der Waals surface area contributed by atoms with Crippen molar-refractivity contribution in [3.8, 4) is 11.1 Å². The summed E-state index contributed by atoms with van der Waals surface area (Å²) in [6.45, 7) is 4.72. The Hall–Kier alpha value is -3.35. The van der Waals surface area contributed by atoms with Gasteiger partial charge in [0, 0.05) is 31.5 Å². The summed E-state index contributed by atoms with van der Waals surface area (Å²) in [6.07, 6.45) is 2.20. The van der Waals surface area contributed by atoms with Crippen molar-refractivity contribution >= 4 is 18.0 Å². The number of likely N-dealkylation sites (tertiary alicyclic amines) is 1. The number of alkyl carbamates (subject to hydrolysis) is 1. The Morgan fingerprint density at radius 3 is 2.34 bits per heavy atom. The van der Waals surface area contributed by atoms with Gasteiger partial charge >= 0.3 is 12.1 Å². The van der Waals surface area contributed by atoms with E-state index >= 15 is 0 Å². The second-order valence-corrected chi connectivity index (χ2v) is 9.90. The average molecular weight is 479 g/mol. The van der Waals surface area contributed by atoms with Crippen molar-refractivity contribution in [3.63, 3.8) is 0 Å². The molecule has 1 aliphatic heterocycles. The summed E-state index contributed by atoms with van der Waals surface area (Å²) in [5, 5.41) is 12.4. The fourth-order valence-corrected chi connectivity index (χ4v) is 5.27. The van der Waals surface area contributed by atoms with E-state index in [1.54, 1.807) is 11.8 Å². The number of fused-ring (bicyclic) bond motifs is 3. The van der Waals surface area contributed by atoms with Gasteiger partial charge in [-0.3, -0.25) is 9.59 Å². The first-order chi connectivity index (χ1) is 16.8. The molecule has 2 atom stereocenters. The van der Waals surface area contributed by atoms with Crippen LogP contribution in [0, 0.1) is 5.41 Å². The van der Waals surface area contributed by atoms with Gasteiger partial charge in [0.2, 0.25) is 5.91 Å². The monoisotopic (exact) mass is 478 g/mol. The van der Waals surface area contributed by atoms with Crippen LogP contribution in [0.3, 0.4) is 0 Å². The molecule has 1 fully saturated rings. The lowest BCUT2D eigenvalue weighted by molar-refractivity contribution is -0.153. The van der Waals surface area contributed by atoms with Gasteiger partial charge in [-0.2, -0.15) is 0 Å². The smallest absolute Gasteiger partial charge is 0.407 e. The molecule has 2 aromatic rings. The predicted molar refractivity (Wildman–Crippen MR) is 133 cm³/mol. The third kappa shape index (κ3) is 5.34. The number of nitrogens with one attached hydrogen (secondary N) is 1. The predicted octanol–water partition coefficient (Wildman–Crippen LogP) is 4.80. The molecule has 7 nitrogen and oxygen atoms in total. The minimum atomic E-state index is -0.891. The summed E-state index contributed by atoms with van der Waals surface area (Å²) in [5.41, 5.74) is 3.79. The Morgan fingerprint density at radius 1 is 1.11 bits per heavy atom. The molecule has 1 saturated heterocycles. The summed E-state index contributed by atoms with van der Waals surface area (Å²) < 4.78 is 5.64. The molecular formula is C28H34N2O5. The molecule has 0 saturated carbocycles. The Bertz CT molecular complexity index is 1050. The number of hydrogen-bond donors (Lipinski definition) is 2. The summed E-state index contributed by atoms with van der Waals surface area (Å²) in [6, 6.07) is 16.2. The van der Waals surface area contributed by atoms with Crippen molar-refractivity contribution in [2.45, 2.75) is 57.9 Å². The number of benzene rings is 2. The maximum Gasteiger partial charge on any atom is 0.407 e. The number of piperidine rings is 1. The first-order valence-electron chi connectivity index (χ1n) is 12.4. The highest BCUT2D eigenvalue weighted by atomic mass is 16.5. The van der Waals surface area contributed by atoms with E-state index in [0.717, 1.165) is 11.1 Å². The van der Waals surface area contributed by atoms with Gasteiger partial charge in [-0.15, -0.1) is 0 Å². The van der Waals surface area contributed by atoms with Crippen LogP contribution in [0.2, 0.25) is 0 Å².